The molecule has 0 amide bonds. The van der Waals surface area contributed by atoms with Gasteiger partial charge in [0.15, 0.2) is 5.78 Å². The van der Waals surface area contributed by atoms with Crippen molar-refractivity contribution in [2.24, 2.45) is 0 Å². The third-order valence-corrected chi connectivity index (χ3v) is 2.39. The van der Waals surface area contributed by atoms with Crippen LogP contribution in [0.2, 0.25) is 10.0 Å². The van der Waals surface area contributed by atoms with E-state index in [9.17, 15) is 9.59 Å². The topological polar surface area (TPSA) is 43.4 Å². The maximum atomic E-state index is 11.2. The molecule has 0 fully saturated rings. The van der Waals surface area contributed by atoms with Gasteiger partial charge in [0.2, 0.25) is 0 Å². The van der Waals surface area contributed by atoms with Crippen LogP contribution in [0.15, 0.2) is 12.1 Å². The summed E-state index contributed by atoms with van der Waals surface area (Å²) in [5, 5.41) is 0.380. The molecule has 0 spiro atoms. The zero-order valence-electron chi connectivity index (χ0n) is 7.51. The number of rotatable bonds is 2. The number of hydrogen-bond donors (Lipinski definition) is 0. The van der Waals surface area contributed by atoms with E-state index in [1.807, 2.05) is 0 Å². The highest BCUT2D eigenvalue weighted by atomic mass is 35.5. The van der Waals surface area contributed by atoms with Gasteiger partial charge in [-0.1, -0.05) is 23.2 Å². The van der Waals surface area contributed by atoms with Crippen LogP contribution in [0.5, 0.6) is 5.75 Å². The Bertz CT molecular complexity index is 429. The van der Waals surface area contributed by atoms with Gasteiger partial charge in [-0.05, 0) is 13.0 Å². The van der Waals surface area contributed by atoms with Crippen LogP contribution in [0.3, 0.4) is 0 Å². The lowest BCUT2D eigenvalue weighted by Crippen LogP contribution is -2.03. The Balaban J connectivity index is 3.28. The molecule has 3 nitrogen and oxygen atoms in total. The van der Waals surface area contributed by atoms with Gasteiger partial charge < -0.3 is 4.74 Å². The maximum Gasteiger partial charge on any atom is 0.409 e. The van der Waals surface area contributed by atoms with E-state index in [2.05, 4.69) is 4.74 Å². The fourth-order valence-corrected chi connectivity index (χ4v) is 1.38. The number of benzene rings is 1. The van der Waals surface area contributed by atoms with Crippen LogP contribution in [0.25, 0.3) is 0 Å². The molecule has 1 rings (SSSR count). The number of ether oxygens (including phenoxy) is 1. The second-order valence-corrected chi connectivity index (χ2v) is 3.78. The van der Waals surface area contributed by atoms with Crippen molar-refractivity contribution >= 4 is 46.0 Å². The van der Waals surface area contributed by atoms with Gasteiger partial charge in [-0.15, -0.1) is 0 Å². The molecule has 0 aliphatic rings. The Hall–Kier alpha value is -0.770. The fraction of sp³-hybridized carbons (Fsp3) is 0.111. The molecular formula is C9H5Cl3O3. The van der Waals surface area contributed by atoms with Gasteiger partial charge in [-0.25, -0.2) is 4.79 Å². The highest BCUT2D eigenvalue weighted by Crippen LogP contribution is 2.31. The first-order valence-electron chi connectivity index (χ1n) is 3.79. The molecule has 0 radical (unpaired) electrons. The quantitative estimate of drug-likeness (QED) is 0.602. The smallest absolute Gasteiger partial charge is 0.409 e. The van der Waals surface area contributed by atoms with E-state index in [0.717, 1.165) is 0 Å². The van der Waals surface area contributed by atoms with Crippen LogP contribution in [-0.4, -0.2) is 11.2 Å². The van der Waals surface area contributed by atoms with Gasteiger partial charge in [-0.2, -0.15) is 0 Å². The molecule has 0 N–H and O–H groups in total. The fourth-order valence-electron chi connectivity index (χ4n) is 0.975. The third-order valence-electron chi connectivity index (χ3n) is 1.59. The minimum Gasteiger partial charge on any atom is -0.414 e. The molecule has 6 heteroatoms. The molecule has 0 aromatic heterocycles. The lowest BCUT2D eigenvalue weighted by atomic mass is 10.1. The zero-order chi connectivity index (χ0) is 11.6. The van der Waals surface area contributed by atoms with Crippen molar-refractivity contribution in [3.63, 3.8) is 0 Å². The van der Waals surface area contributed by atoms with E-state index < -0.39 is 5.43 Å². The molecule has 0 saturated carbocycles. The van der Waals surface area contributed by atoms with Crippen LogP contribution >= 0.6 is 34.8 Å². The summed E-state index contributed by atoms with van der Waals surface area (Å²) in [4.78, 5) is 21.7. The monoisotopic (exact) mass is 266 g/mol. The minimum atomic E-state index is -1.05. The van der Waals surface area contributed by atoms with Crippen molar-refractivity contribution in [3.05, 3.63) is 27.7 Å². The third kappa shape index (κ3) is 3.09. The largest absolute Gasteiger partial charge is 0.414 e. The second-order valence-electron chi connectivity index (χ2n) is 2.66. The molecular weight excluding hydrogens is 262 g/mol. The summed E-state index contributed by atoms with van der Waals surface area (Å²) in [7, 11) is 0. The molecule has 15 heavy (non-hydrogen) atoms. The molecule has 1 aromatic carbocycles. The van der Waals surface area contributed by atoms with Gasteiger partial charge in [0.1, 0.15) is 5.75 Å². The Morgan fingerprint density at radius 1 is 1.20 bits per heavy atom. The lowest BCUT2D eigenvalue weighted by molar-refractivity contribution is 0.101. The summed E-state index contributed by atoms with van der Waals surface area (Å²) in [6.07, 6.45) is 0. The van der Waals surface area contributed by atoms with E-state index >= 15 is 0 Å². The molecule has 0 saturated heterocycles. The standard InChI is InChI=1S/C9H5Cl3O3/c1-4(13)5-2-6(10)7(11)3-8(5)15-9(12)14/h2-3H,1H3. The number of carbonyl (C=O) groups is 2. The summed E-state index contributed by atoms with van der Waals surface area (Å²) in [5.74, 6) is -0.307. The van der Waals surface area contributed by atoms with Crippen molar-refractivity contribution < 1.29 is 14.3 Å². The molecule has 0 bridgehead atoms. The van der Waals surface area contributed by atoms with Gasteiger partial charge >= 0.3 is 5.43 Å². The Morgan fingerprint density at radius 3 is 2.20 bits per heavy atom. The highest BCUT2D eigenvalue weighted by Gasteiger charge is 2.14. The van der Waals surface area contributed by atoms with Crippen molar-refractivity contribution in [2.45, 2.75) is 6.92 Å². The van der Waals surface area contributed by atoms with Crippen LogP contribution in [-0.2, 0) is 0 Å². The van der Waals surface area contributed by atoms with E-state index in [0.29, 0.717) is 0 Å². The van der Waals surface area contributed by atoms with Gasteiger partial charge in [-0.3, -0.25) is 4.79 Å². The van der Waals surface area contributed by atoms with E-state index in [4.69, 9.17) is 34.8 Å². The molecule has 0 aliphatic carbocycles. The maximum absolute atomic E-state index is 11.2. The summed E-state index contributed by atoms with van der Waals surface area (Å²) in [6, 6.07) is 2.59. The van der Waals surface area contributed by atoms with E-state index in [1.54, 1.807) is 0 Å². The first-order valence-corrected chi connectivity index (χ1v) is 4.92. The minimum absolute atomic E-state index is 0.00287. The van der Waals surface area contributed by atoms with Crippen LogP contribution < -0.4 is 4.74 Å². The van der Waals surface area contributed by atoms with Gasteiger partial charge in [0.05, 0.1) is 15.6 Å². The summed E-state index contributed by atoms with van der Waals surface area (Å²) in [5.41, 5.74) is -0.894. The second kappa shape index (κ2) is 4.84. The Morgan fingerprint density at radius 2 is 1.73 bits per heavy atom. The van der Waals surface area contributed by atoms with Crippen molar-refractivity contribution in [1.29, 1.82) is 0 Å². The first-order chi connectivity index (χ1) is 6.91. The lowest BCUT2D eigenvalue weighted by Gasteiger charge is -2.07. The number of hydrogen-bond acceptors (Lipinski definition) is 3. The van der Waals surface area contributed by atoms with Crippen molar-refractivity contribution in [3.8, 4) is 5.75 Å². The molecule has 0 heterocycles. The summed E-state index contributed by atoms with van der Waals surface area (Å²) >= 11 is 16.4. The molecule has 80 valence electrons. The van der Waals surface area contributed by atoms with Crippen molar-refractivity contribution in [1.82, 2.24) is 0 Å². The molecule has 1 aromatic rings. The van der Waals surface area contributed by atoms with Crippen LogP contribution in [0.1, 0.15) is 17.3 Å². The molecule has 0 atom stereocenters. The van der Waals surface area contributed by atoms with Gasteiger partial charge in [0, 0.05) is 17.7 Å². The summed E-state index contributed by atoms with van der Waals surface area (Å²) in [6.45, 7) is 1.31. The number of carbonyl (C=O) groups excluding carboxylic acids is 2. The predicted molar refractivity (Wildman–Crippen MR) is 58.3 cm³/mol. The predicted octanol–water partition coefficient (Wildman–Crippen LogP) is 3.93. The number of Topliss-reactive ketones (excluding diaryl/α,β-unsaturated/α-hetero) is 1. The van der Waals surface area contributed by atoms with Crippen LogP contribution in [0, 0.1) is 0 Å². The highest BCUT2D eigenvalue weighted by molar-refractivity contribution is 6.61. The molecule has 0 unspecified atom stereocenters. The SMILES string of the molecule is CC(=O)c1cc(Cl)c(Cl)cc1OC(=O)Cl. The Kier molecular flexibility index (Phi) is 3.97. The van der Waals surface area contributed by atoms with Crippen molar-refractivity contribution in [2.75, 3.05) is 0 Å². The first kappa shape index (κ1) is 12.3. The van der Waals surface area contributed by atoms with Crippen LogP contribution in [0.4, 0.5) is 4.79 Å². The number of ketones is 1. The average molecular weight is 267 g/mol. The average Bonchev–Trinajstić information content (AvgIpc) is 2.09. The normalized spacial score (nSPS) is 9.87. The van der Waals surface area contributed by atoms with E-state index in [1.165, 1.54) is 19.1 Å². The zero-order valence-corrected chi connectivity index (χ0v) is 9.78. The Labute approximate surface area is 101 Å². The number of halogens is 3. The van der Waals surface area contributed by atoms with Gasteiger partial charge in [0.25, 0.3) is 0 Å². The molecule has 0 aliphatic heterocycles. The summed E-state index contributed by atoms with van der Waals surface area (Å²) < 4.78 is 4.61. The van der Waals surface area contributed by atoms with E-state index in [-0.39, 0.29) is 27.1 Å².